The first-order valence-corrected chi connectivity index (χ1v) is 7.93. The van der Waals surface area contributed by atoms with Gasteiger partial charge in [0, 0.05) is 19.1 Å². The molecule has 4 nitrogen and oxygen atoms in total. The van der Waals surface area contributed by atoms with Crippen LogP contribution in [0.1, 0.15) is 25.3 Å². The SMILES string of the molecule is CCC1CN(CCc2ccc(OC)c(OC)c2)CCCN1. The van der Waals surface area contributed by atoms with E-state index in [9.17, 15) is 0 Å². The highest BCUT2D eigenvalue weighted by molar-refractivity contribution is 5.42. The van der Waals surface area contributed by atoms with Crippen molar-refractivity contribution in [1.82, 2.24) is 10.2 Å². The van der Waals surface area contributed by atoms with E-state index >= 15 is 0 Å². The normalized spacial score (nSPS) is 20.0. The summed E-state index contributed by atoms with van der Waals surface area (Å²) in [7, 11) is 3.36. The molecular weight excluding hydrogens is 264 g/mol. The van der Waals surface area contributed by atoms with Gasteiger partial charge in [-0.25, -0.2) is 0 Å². The molecule has 1 atom stereocenters. The Morgan fingerprint density at radius 3 is 2.76 bits per heavy atom. The van der Waals surface area contributed by atoms with E-state index in [1.54, 1.807) is 14.2 Å². The van der Waals surface area contributed by atoms with E-state index in [4.69, 9.17) is 9.47 Å². The summed E-state index contributed by atoms with van der Waals surface area (Å²) in [4.78, 5) is 2.57. The summed E-state index contributed by atoms with van der Waals surface area (Å²) in [5.41, 5.74) is 1.30. The molecule has 1 aromatic rings. The predicted molar refractivity (Wildman–Crippen MR) is 86.4 cm³/mol. The zero-order valence-corrected chi connectivity index (χ0v) is 13.5. The van der Waals surface area contributed by atoms with Crippen LogP contribution in [0, 0.1) is 0 Å². The maximum atomic E-state index is 5.37. The van der Waals surface area contributed by atoms with E-state index in [1.807, 2.05) is 6.07 Å². The lowest BCUT2D eigenvalue weighted by atomic mass is 10.1. The van der Waals surface area contributed by atoms with Gasteiger partial charge in [0.15, 0.2) is 11.5 Å². The zero-order valence-electron chi connectivity index (χ0n) is 13.5. The quantitative estimate of drug-likeness (QED) is 0.872. The van der Waals surface area contributed by atoms with Crippen LogP contribution >= 0.6 is 0 Å². The fourth-order valence-corrected chi connectivity index (χ4v) is 2.88. The lowest BCUT2D eigenvalue weighted by Crippen LogP contribution is -2.37. The maximum absolute atomic E-state index is 5.37. The number of rotatable bonds is 6. The number of hydrogen-bond acceptors (Lipinski definition) is 4. The molecule has 0 aliphatic carbocycles. The molecule has 1 aliphatic heterocycles. The molecule has 2 rings (SSSR count). The lowest BCUT2D eigenvalue weighted by Gasteiger charge is -2.23. The highest BCUT2D eigenvalue weighted by Gasteiger charge is 2.16. The smallest absolute Gasteiger partial charge is 0.160 e. The Labute approximate surface area is 128 Å². The second-order valence-electron chi connectivity index (χ2n) is 5.65. The monoisotopic (exact) mass is 292 g/mol. The number of hydrogen-bond donors (Lipinski definition) is 1. The average Bonchev–Trinajstić information content (AvgIpc) is 2.77. The van der Waals surface area contributed by atoms with Gasteiger partial charge in [0.2, 0.25) is 0 Å². The second kappa shape index (κ2) is 8.25. The topological polar surface area (TPSA) is 33.7 Å². The summed E-state index contributed by atoms with van der Waals surface area (Å²) in [5, 5.41) is 3.61. The third-order valence-corrected chi connectivity index (χ3v) is 4.22. The Bertz CT molecular complexity index is 437. The van der Waals surface area contributed by atoms with Crippen molar-refractivity contribution >= 4 is 0 Å². The van der Waals surface area contributed by atoms with Gasteiger partial charge in [-0.1, -0.05) is 13.0 Å². The van der Waals surface area contributed by atoms with E-state index in [-0.39, 0.29) is 0 Å². The van der Waals surface area contributed by atoms with Crippen molar-refractivity contribution in [3.8, 4) is 11.5 Å². The molecule has 0 amide bonds. The first-order chi connectivity index (χ1) is 10.3. The molecule has 1 fully saturated rings. The maximum Gasteiger partial charge on any atom is 0.160 e. The van der Waals surface area contributed by atoms with Gasteiger partial charge in [-0.3, -0.25) is 0 Å². The van der Waals surface area contributed by atoms with Crippen molar-refractivity contribution in [3.05, 3.63) is 23.8 Å². The van der Waals surface area contributed by atoms with Crippen molar-refractivity contribution in [1.29, 1.82) is 0 Å². The van der Waals surface area contributed by atoms with Crippen LogP contribution in [0.3, 0.4) is 0 Å². The minimum atomic E-state index is 0.637. The van der Waals surface area contributed by atoms with Gasteiger partial charge in [0.1, 0.15) is 0 Å². The van der Waals surface area contributed by atoms with Crippen LogP contribution in [-0.4, -0.2) is 51.3 Å². The van der Waals surface area contributed by atoms with Crippen molar-refractivity contribution in [2.75, 3.05) is 40.4 Å². The number of nitrogens with zero attached hydrogens (tertiary/aromatic N) is 1. The Balaban J connectivity index is 1.92. The highest BCUT2D eigenvalue weighted by atomic mass is 16.5. The first-order valence-electron chi connectivity index (χ1n) is 7.93. The number of ether oxygens (including phenoxy) is 2. The summed E-state index contributed by atoms with van der Waals surface area (Å²) in [6.07, 6.45) is 3.49. The summed E-state index contributed by atoms with van der Waals surface area (Å²) in [5.74, 6) is 1.62. The third kappa shape index (κ3) is 4.61. The molecule has 1 unspecified atom stereocenters. The molecule has 1 saturated heterocycles. The van der Waals surface area contributed by atoms with Crippen LogP contribution in [0.5, 0.6) is 11.5 Å². The largest absolute Gasteiger partial charge is 0.493 e. The van der Waals surface area contributed by atoms with Crippen LogP contribution in [0.2, 0.25) is 0 Å². The zero-order chi connectivity index (χ0) is 15.1. The Hall–Kier alpha value is -1.26. The second-order valence-corrected chi connectivity index (χ2v) is 5.65. The standard InChI is InChI=1S/C17H28N2O2/c1-4-15-13-19(10-5-9-18-15)11-8-14-6-7-16(20-2)17(12-14)21-3/h6-7,12,15,18H,4-5,8-11,13H2,1-3H3. The van der Waals surface area contributed by atoms with Gasteiger partial charge in [0.25, 0.3) is 0 Å². The van der Waals surface area contributed by atoms with Gasteiger partial charge in [-0.05, 0) is 50.0 Å². The number of methoxy groups -OCH3 is 2. The Morgan fingerprint density at radius 2 is 2.05 bits per heavy atom. The van der Waals surface area contributed by atoms with Gasteiger partial charge in [-0.15, -0.1) is 0 Å². The molecule has 0 spiro atoms. The van der Waals surface area contributed by atoms with Crippen LogP contribution in [0.15, 0.2) is 18.2 Å². The molecule has 0 saturated carbocycles. The van der Waals surface area contributed by atoms with Crippen LogP contribution in [0.25, 0.3) is 0 Å². The third-order valence-electron chi connectivity index (χ3n) is 4.22. The van der Waals surface area contributed by atoms with Crippen molar-refractivity contribution < 1.29 is 9.47 Å². The molecule has 21 heavy (non-hydrogen) atoms. The fraction of sp³-hybridized carbons (Fsp3) is 0.647. The van der Waals surface area contributed by atoms with Crippen molar-refractivity contribution in [3.63, 3.8) is 0 Å². The van der Waals surface area contributed by atoms with Crippen LogP contribution in [0.4, 0.5) is 0 Å². The van der Waals surface area contributed by atoms with E-state index in [0.29, 0.717) is 6.04 Å². The summed E-state index contributed by atoms with van der Waals surface area (Å²) in [6, 6.07) is 6.85. The Morgan fingerprint density at radius 1 is 1.24 bits per heavy atom. The van der Waals surface area contributed by atoms with E-state index < -0.39 is 0 Å². The molecular formula is C17H28N2O2. The molecule has 1 N–H and O–H groups in total. The van der Waals surface area contributed by atoms with E-state index in [0.717, 1.165) is 37.6 Å². The van der Waals surface area contributed by atoms with Gasteiger partial charge in [0.05, 0.1) is 14.2 Å². The van der Waals surface area contributed by atoms with Gasteiger partial charge >= 0.3 is 0 Å². The Kier molecular flexibility index (Phi) is 6.33. The van der Waals surface area contributed by atoms with Gasteiger partial charge < -0.3 is 19.7 Å². The highest BCUT2D eigenvalue weighted by Crippen LogP contribution is 2.27. The fourth-order valence-electron chi connectivity index (χ4n) is 2.88. The summed E-state index contributed by atoms with van der Waals surface area (Å²) < 4.78 is 10.7. The molecule has 0 bridgehead atoms. The average molecular weight is 292 g/mol. The number of benzene rings is 1. The minimum absolute atomic E-state index is 0.637. The molecule has 0 aromatic heterocycles. The summed E-state index contributed by atoms with van der Waals surface area (Å²) in [6.45, 7) is 6.86. The number of nitrogens with one attached hydrogen (secondary N) is 1. The molecule has 118 valence electrons. The first kappa shape index (κ1) is 16.1. The van der Waals surface area contributed by atoms with Crippen LogP contribution in [-0.2, 0) is 6.42 Å². The van der Waals surface area contributed by atoms with Crippen LogP contribution < -0.4 is 14.8 Å². The molecule has 4 heteroatoms. The molecule has 0 radical (unpaired) electrons. The minimum Gasteiger partial charge on any atom is -0.493 e. The molecule has 1 heterocycles. The van der Waals surface area contributed by atoms with Crippen molar-refractivity contribution in [2.45, 2.75) is 32.2 Å². The summed E-state index contributed by atoms with van der Waals surface area (Å²) >= 11 is 0. The van der Waals surface area contributed by atoms with Crippen molar-refractivity contribution in [2.24, 2.45) is 0 Å². The predicted octanol–water partition coefficient (Wildman–Crippen LogP) is 2.32. The molecule has 1 aromatic carbocycles. The van der Waals surface area contributed by atoms with E-state index in [2.05, 4.69) is 29.3 Å². The van der Waals surface area contributed by atoms with E-state index in [1.165, 1.54) is 24.9 Å². The van der Waals surface area contributed by atoms with Gasteiger partial charge in [-0.2, -0.15) is 0 Å². The lowest BCUT2D eigenvalue weighted by molar-refractivity contribution is 0.268. The molecule has 1 aliphatic rings.